The van der Waals surface area contributed by atoms with Gasteiger partial charge in [0.2, 0.25) is 0 Å². The Morgan fingerprint density at radius 1 is 1.30 bits per heavy atom. The fourth-order valence-corrected chi connectivity index (χ4v) is 2.05. The van der Waals surface area contributed by atoms with Crippen LogP contribution in [0.1, 0.15) is 22.8 Å². The minimum absolute atomic E-state index is 0.0714. The molecule has 20 heavy (non-hydrogen) atoms. The number of benzene rings is 1. The summed E-state index contributed by atoms with van der Waals surface area (Å²) in [5.41, 5.74) is 4.96. The first-order valence-electron chi connectivity index (χ1n) is 6.47. The summed E-state index contributed by atoms with van der Waals surface area (Å²) in [5.74, 6) is 5.72. The number of nitrogens with one attached hydrogen (secondary N) is 1. The van der Waals surface area contributed by atoms with E-state index in [2.05, 4.69) is 10.4 Å². The van der Waals surface area contributed by atoms with Crippen molar-refractivity contribution < 1.29 is 4.79 Å². The molecule has 3 N–H and O–H groups in total. The van der Waals surface area contributed by atoms with E-state index in [0.29, 0.717) is 17.9 Å². The lowest BCUT2D eigenvalue weighted by molar-refractivity contribution is 0.0988. The van der Waals surface area contributed by atoms with Crippen LogP contribution >= 0.6 is 0 Å². The predicted octanol–water partition coefficient (Wildman–Crippen LogP) is 2.34. The molecular weight excluding hydrogens is 252 g/mol. The van der Waals surface area contributed by atoms with Crippen LogP contribution in [-0.2, 0) is 0 Å². The molecule has 0 atom stereocenters. The van der Waals surface area contributed by atoms with Crippen LogP contribution in [0.5, 0.6) is 0 Å². The van der Waals surface area contributed by atoms with E-state index in [1.807, 2.05) is 38.1 Å². The summed E-state index contributed by atoms with van der Waals surface area (Å²) in [5, 5.41) is 0. The van der Waals surface area contributed by atoms with Crippen molar-refractivity contribution in [2.75, 3.05) is 16.9 Å². The number of aromatic nitrogens is 1. The Balaban J connectivity index is 2.31. The van der Waals surface area contributed by atoms with E-state index in [-0.39, 0.29) is 5.91 Å². The van der Waals surface area contributed by atoms with E-state index in [9.17, 15) is 4.79 Å². The summed E-state index contributed by atoms with van der Waals surface area (Å²) in [4.78, 5) is 18.4. The monoisotopic (exact) mass is 270 g/mol. The Hall–Kier alpha value is -2.40. The number of hydrogen-bond acceptors (Lipinski definition) is 4. The van der Waals surface area contributed by atoms with Crippen LogP contribution in [-0.4, -0.2) is 17.4 Å². The number of hydrazine groups is 1. The van der Waals surface area contributed by atoms with Gasteiger partial charge >= 0.3 is 0 Å². The van der Waals surface area contributed by atoms with Crippen LogP contribution in [0.3, 0.4) is 0 Å². The highest BCUT2D eigenvalue weighted by Gasteiger charge is 2.17. The molecule has 5 nitrogen and oxygen atoms in total. The van der Waals surface area contributed by atoms with Gasteiger partial charge in [0.1, 0.15) is 5.82 Å². The zero-order valence-electron chi connectivity index (χ0n) is 11.6. The summed E-state index contributed by atoms with van der Waals surface area (Å²) < 4.78 is 0. The normalized spacial score (nSPS) is 10.2. The third kappa shape index (κ3) is 2.78. The van der Waals surface area contributed by atoms with E-state index >= 15 is 0 Å². The van der Waals surface area contributed by atoms with Crippen molar-refractivity contribution in [3.63, 3.8) is 0 Å². The fraction of sp³-hybridized carbons (Fsp3) is 0.200. The molecule has 0 unspecified atom stereocenters. The Morgan fingerprint density at radius 2 is 2.05 bits per heavy atom. The number of nitrogens with zero attached hydrogens (tertiary/aromatic N) is 2. The summed E-state index contributed by atoms with van der Waals surface area (Å²) >= 11 is 0. The Labute approximate surface area is 118 Å². The van der Waals surface area contributed by atoms with Crippen molar-refractivity contribution in [2.24, 2.45) is 5.84 Å². The number of aryl methyl sites for hydroxylation is 1. The van der Waals surface area contributed by atoms with Crippen molar-refractivity contribution in [1.29, 1.82) is 0 Å². The number of rotatable bonds is 4. The first-order valence-corrected chi connectivity index (χ1v) is 6.47. The quantitative estimate of drug-likeness (QED) is 0.661. The average molecular weight is 270 g/mol. The van der Waals surface area contributed by atoms with Gasteiger partial charge in [0, 0.05) is 18.4 Å². The number of anilines is 2. The molecule has 1 aromatic heterocycles. The Bertz CT molecular complexity index is 595. The summed E-state index contributed by atoms with van der Waals surface area (Å²) in [6.45, 7) is 4.54. The summed E-state index contributed by atoms with van der Waals surface area (Å²) in [6, 6.07) is 11.2. The van der Waals surface area contributed by atoms with Gasteiger partial charge in [-0.2, -0.15) is 0 Å². The zero-order valence-corrected chi connectivity index (χ0v) is 11.6. The number of para-hydroxylation sites is 1. The van der Waals surface area contributed by atoms with Gasteiger partial charge in [-0.1, -0.05) is 18.2 Å². The molecule has 2 aromatic rings. The highest BCUT2D eigenvalue weighted by Crippen LogP contribution is 2.21. The Kier molecular flexibility index (Phi) is 4.32. The first-order chi connectivity index (χ1) is 9.67. The van der Waals surface area contributed by atoms with Gasteiger partial charge in [-0.15, -0.1) is 0 Å². The minimum atomic E-state index is -0.0714. The van der Waals surface area contributed by atoms with Crippen molar-refractivity contribution >= 4 is 17.4 Å². The number of hydrogen-bond donors (Lipinski definition) is 2. The number of pyridine rings is 1. The number of amides is 1. The molecule has 2 rings (SSSR count). The van der Waals surface area contributed by atoms with Gasteiger partial charge in [0.05, 0.1) is 5.56 Å². The maximum atomic E-state index is 12.6. The van der Waals surface area contributed by atoms with E-state index in [1.165, 1.54) is 6.20 Å². The van der Waals surface area contributed by atoms with Crippen LogP contribution in [0.4, 0.5) is 11.5 Å². The minimum Gasteiger partial charge on any atom is -0.308 e. The van der Waals surface area contributed by atoms with Crippen LogP contribution in [0, 0.1) is 6.92 Å². The van der Waals surface area contributed by atoms with E-state index in [4.69, 9.17) is 5.84 Å². The maximum Gasteiger partial charge on any atom is 0.259 e. The van der Waals surface area contributed by atoms with E-state index in [1.54, 1.807) is 17.0 Å². The maximum absolute atomic E-state index is 12.6. The smallest absolute Gasteiger partial charge is 0.259 e. The topological polar surface area (TPSA) is 71.2 Å². The molecule has 0 bridgehead atoms. The van der Waals surface area contributed by atoms with Crippen molar-refractivity contribution in [2.45, 2.75) is 13.8 Å². The van der Waals surface area contributed by atoms with Crippen LogP contribution in [0.25, 0.3) is 0 Å². The second-order valence-corrected chi connectivity index (χ2v) is 4.41. The molecule has 1 amide bonds. The molecule has 0 saturated heterocycles. The molecular formula is C15H18N4O. The van der Waals surface area contributed by atoms with Crippen molar-refractivity contribution in [3.05, 3.63) is 53.7 Å². The molecule has 0 aliphatic carbocycles. The molecule has 104 valence electrons. The van der Waals surface area contributed by atoms with Gasteiger partial charge in [0.15, 0.2) is 0 Å². The summed E-state index contributed by atoms with van der Waals surface area (Å²) in [6.07, 6.45) is 1.53. The third-order valence-electron chi connectivity index (χ3n) is 3.13. The lowest BCUT2D eigenvalue weighted by Gasteiger charge is -2.22. The number of carbonyl (C=O) groups is 1. The van der Waals surface area contributed by atoms with E-state index < -0.39 is 0 Å². The third-order valence-corrected chi connectivity index (χ3v) is 3.13. The average Bonchev–Trinajstić information content (AvgIpc) is 2.50. The number of nitrogens with two attached hydrogens (primary N) is 1. The lowest BCUT2D eigenvalue weighted by Crippen LogP contribution is -2.31. The fourth-order valence-electron chi connectivity index (χ4n) is 2.05. The number of carbonyl (C=O) groups excluding carboxylic acids is 1. The largest absolute Gasteiger partial charge is 0.308 e. The molecule has 0 radical (unpaired) electrons. The van der Waals surface area contributed by atoms with Gasteiger partial charge in [0.25, 0.3) is 5.91 Å². The zero-order chi connectivity index (χ0) is 14.5. The second-order valence-electron chi connectivity index (χ2n) is 4.41. The SMILES string of the molecule is CCN(C(=O)c1ccc(NN)nc1)c1ccccc1C. The van der Waals surface area contributed by atoms with Crippen LogP contribution < -0.4 is 16.2 Å². The molecule has 0 saturated carbocycles. The molecule has 0 fully saturated rings. The van der Waals surface area contributed by atoms with Gasteiger partial charge in [-0.3, -0.25) is 4.79 Å². The molecule has 1 heterocycles. The van der Waals surface area contributed by atoms with Crippen molar-refractivity contribution in [3.8, 4) is 0 Å². The molecule has 0 spiro atoms. The van der Waals surface area contributed by atoms with Gasteiger partial charge in [-0.05, 0) is 37.6 Å². The molecule has 1 aromatic carbocycles. The van der Waals surface area contributed by atoms with Crippen LogP contribution in [0.2, 0.25) is 0 Å². The predicted molar refractivity (Wildman–Crippen MR) is 80.6 cm³/mol. The van der Waals surface area contributed by atoms with Gasteiger partial charge < -0.3 is 10.3 Å². The summed E-state index contributed by atoms with van der Waals surface area (Å²) in [7, 11) is 0. The second kappa shape index (κ2) is 6.16. The van der Waals surface area contributed by atoms with E-state index in [0.717, 1.165) is 11.3 Å². The highest BCUT2D eigenvalue weighted by atomic mass is 16.2. The molecule has 0 aliphatic heterocycles. The van der Waals surface area contributed by atoms with Crippen molar-refractivity contribution in [1.82, 2.24) is 4.98 Å². The Morgan fingerprint density at radius 3 is 2.60 bits per heavy atom. The standard InChI is InChI=1S/C15H18N4O/c1-3-19(13-7-5-4-6-11(13)2)15(20)12-8-9-14(18-16)17-10-12/h4-10H,3,16H2,1-2H3,(H,17,18). The highest BCUT2D eigenvalue weighted by molar-refractivity contribution is 6.06. The molecule has 5 heteroatoms. The first kappa shape index (κ1) is 14.0. The number of nitrogen functional groups attached to an aromatic ring is 1. The molecule has 0 aliphatic rings. The van der Waals surface area contributed by atoms with Crippen LogP contribution in [0.15, 0.2) is 42.6 Å². The van der Waals surface area contributed by atoms with Gasteiger partial charge in [-0.25, -0.2) is 10.8 Å². The lowest BCUT2D eigenvalue weighted by atomic mass is 10.1.